The average molecular weight is 266 g/mol. The molecule has 5 nitrogen and oxygen atoms in total. The number of aromatic nitrogens is 2. The molecule has 1 saturated heterocycles. The Hall–Kier alpha value is -1.01. The van der Waals surface area contributed by atoms with Crippen molar-refractivity contribution >= 4 is 17.6 Å². The molecule has 0 aromatic carbocycles. The van der Waals surface area contributed by atoms with E-state index in [4.69, 9.17) is 0 Å². The number of nitrogens with one attached hydrogen (secondary N) is 1. The fraction of sp³-hybridized carbons (Fsp3) is 0.750. The Balaban J connectivity index is 1.65. The van der Waals surface area contributed by atoms with Crippen LogP contribution in [0.3, 0.4) is 0 Å². The van der Waals surface area contributed by atoms with Crippen LogP contribution in [0.2, 0.25) is 0 Å². The quantitative estimate of drug-likeness (QED) is 0.868. The minimum absolute atomic E-state index is 0.0457. The predicted molar refractivity (Wildman–Crippen MR) is 69.6 cm³/mol. The third-order valence-electron chi connectivity index (χ3n) is 3.65. The number of carbonyl (C=O) groups excluding carboxylic acids is 1. The highest BCUT2D eigenvalue weighted by Crippen LogP contribution is 2.30. The Labute approximate surface area is 111 Å². The molecule has 1 unspecified atom stereocenters. The Bertz CT molecular complexity index is 398. The number of rotatable bonds is 5. The summed E-state index contributed by atoms with van der Waals surface area (Å²) in [4.78, 5) is 14.3. The minimum atomic E-state index is 0.0457. The van der Waals surface area contributed by atoms with Gasteiger partial charge < -0.3 is 10.2 Å². The monoisotopic (exact) mass is 266 g/mol. The molecule has 1 aromatic heterocycles. The molecule has 1 atom stereocenters. The molecule has 1 aliphatic carbocycles. The standard InChI is InChI=1S/C12H18N4OS/c17-12(11-6-14-18-15-11)16(7-9-3-4-9)8-10-2-1-5-13-10/h6,9-10,13H,1-5,7-8H2. The highest BCUT2D eigenvalue weighted by atomic mass is 32.1. The van der Waals surface area contributed by atoms with E-state index < -0.39 is 0 Å². The van der Waals surface area contributed by atoms with Crippen molar-refractivity contribution in [1.29, 1.82) is 0 Å². The van der Waals surface area contributed by atoms with Crippen LogP contribution in [0.25, 0.3) is 0 Å². The van der Waals surface area contributed by atoms with Gasteiger partial charge in [-0.05, 0) is 38.1 Å². The van der Waals surface area contributed by atoms with Gasteiger partial charge in [-0.2, -0.15) is 8.75 Å². The minimum Gasteiger partial charge on any atom is -0.335 e. The molecule has 0 radical (unpaired) electrons. The van der Waals surface area contributed by atoms with Crippen molar-refractivity contribution in [2.75, 3.05) is 19.6 Å². The van der Waals surface area contributed by atoms with Gasteiger partial charge in [0.05, 0.1) is 17.9 Å². The average Bonchev–Trinajstić information content (AvgIpc) is 2.88. The molecule has 1 aromatic rings. The van der Waals surface area contributed by atoms with E-state index in [1.54, 1.807) is 6.20 Å². The smallest absolute Gasteiger partial charge is 0.275 e. The summed E-state index contributed by atoms with van der Waals surface area (Å²) in [6.07, 6.45) is 6.49. The van der Waals surface area contributed by atoms with Crippen molar-refractivity contribution in [1.82, 2.24) is 19.0 Å². The molecule has 0 spiro atoms. The summed E-state index contributed by atoms with van der Waals surface area (Å²) >= 11 is 1.10. The van der Waals surface area contributed by atoms with Gasteiger partial charge in [-0.3, -0.25) is 4.79 Å². The molecule has 1 N–H and O–H groups in total. The number of nitrogens with zero attached hydrogens (tertiary/aromatic N) is 3. The van der Waals surface area contributed by atoms with E-state index in [-0.39, 0.29) is 5.91 Å². The molecule has 18 heavy (non-hydrogen) atoms. The maximum absolute atomic E-state index is 12.4. The van der Waals surface area contributed by atoms with Crippen LogP contribution in [-0.2, 0) is 0 Å². The summed E-state index contributed by atoms with van der Waals surface area (Å²) in [5.74, 6) is 0.756. The Morgan fingerprint density at radius 3 is 2.94 bits per heavy atom. The topological polar surface area (TPSA) is 58.1 Å². The summed E-state index contributed by atoms with van der Waals surface area (Å²) in [6.45, 7) is 2.77. The van der Waals surface area contributed by atoms with Crippen molar-refractivity contribution < 1.29 is 4.79 Å². The lowest BCUT2D eigenvalue weighted by atomic mass is 10.2. The fourth-order valence-corrected chi connectivity index (χ4v) is 2.86. The lowest BCUT2D eigenvalue weighted by molar-refractivity contribution is 0.0728. The van der Waals surface area contributed by atoms with Gasteiger partial charge in [0, 0.05) is 19.1 Å². The van der Waals surface area contributed by atoms with Crippen molar-refractivity contribution in [3.8, 4) is 0 Å². The second kappa shape index (κ2) is 5.32. The van der Waals surface area contributed by atoms with Crippen LogP contribution in [0, 0.1) is 5.92 Å². The molecule has 1 aliphatic heterocycles. The zero-order valence-electron chi connectivity index (χ0n) is 10.3. The van der Waals surface area contributed by atoms with E-state index in [0.29, 0.717) is 17.7 Å². The van der Waals surface area contributed by atoms with E-state index >= 15 is 0 Å². The van der Waals surface area contributed by atoms with Crippen LogP contribution in [-0.4, -0.2) is 45.2 Å². The van der Waals surface area contributed by atoms with Gasteiger partial charge in [0.1, 0.15) is 0 Å². The summed E-state index contributed by atoms with van der Waals surface area (Å²) in [6, 6.07) is 0.458. The Kier molecular flexibility index (Phi) is 3.56. The fourth-order valence-electron chi connectivity index (χ4n) is 2.45. The van der Waals surface area contributed by atoms with Crippen LogP contribution >= 0.6 is 11.7 Å². The maximum atomic E-state index is 12.4. The summed E-state index contributed by atoms with van der Waals surface area (Å²) in [5, 5.41) is 3.45. The molecule has 2 fully saturated rings. The van der Waals surface area contributed by atoms with E-state index in [9.17, 15) is 4.79 Å². The normalized spacial score (nSPS) is 23.2. The molecule has 1 amide bonds. The van der Waals surface area contributed by atoms with Gasteiger partial charge >= 0.3 is 0 Å². The molecule has 2 heterocycles. The van der Waals surface area contributed by atoms with E-state index in [1.807, 2.05) is 4.90 Å². The van der Waals surface area contributed by atoms with Crippen LogP contribution in [0.5, 0.6) is 0 Å². The highest BCUT2D eigenvalue weighted by molar-refractivity contribution is 6.99. The van der Waals surface area contributed by atoms with Crippen molar-refractivity contribution in [2.24, 2.45) is 5.92 Å². The third-order valence-corrected chi connectivity index (χ3v) is 4.12. The van der Waals surface area contributed by atoms with E-state index in [1.165, 1.54) is 25.7 Å². The SMILES string of the molecule is O=C(c1cnsn1)N(CC1CC1)CC1CCCN1. The largest absolute Gasteiger partial charge is 0.335 e. The Morgan fingerprint density at radius 1 is 1.44 bits per heavy atom. The first-order chi connectivity index (χ1) is 8.83. The number of hydrogen-bond acceptors (Lipinski definition) is 5. The molecule has 0 bridgehead atoms. The zero-order valence-corrected chi connectivity index (χ0v) is 11.2. The van der Waals surface area contributed by atoms with Gasteiger partial charge in [0.15, 0.2) is 5.69 Å². The molecule has 98 valence electrons. The van der Waals surface area contributed by atoms with Crippen LogP contribution < -0.4 is 5.32 Å². The van der Waals surface area contributed by atoms with E-state index in [2.05, 4.69) is 14.1 Å². The zero-order chi connectivity index (χ0) is 12.4. The van der Waals surface area contributed by atoms with Gasteiger partial charge in [-0.1, -0.05) is 0 Å². The van der Waals surface area contributed by atoms with E-state index in [0.717, 1.165) is 31.4 Å². The second-order valence-corrected chi connectivity index (χ2v) is 5.80. The van der Waals surface area contributed by atoms with Crippen LogP contribution in [0.15, 0.2) is 6.20 Å². The lowest BCUT2D eigenvalue weighted by Crippen LogP contribution is -2.42. The van der Waals surface area contributed by atoms with Gasteiger partial charge in [-0.25, -0.2) is 0 Å². The van der Waals surface area contributed by atoms with Crippen molar-refractivity contribution in [3.63, 3.8) is 0 Å². The van der Waals surface area contributed by atoms with Crippen molar-refractivity contribution in [3.05, 3.63) is 11.9 Å². The summed E-state index contributed by atoms with van der Waals surface area (Å²) in [7, 11) is 0. The van der Waals surface area contributed by atoms with Crippen molar-refractivity contribution in [2.45, 2.75) is 31.7 Å². The van der Waals surface area contributed by atoms with Gasteiger partial charge in [0.25, 0.3) is 5.91 Å². The number of carbonyl (C=O) groups is 1. The third kappa shape index (κ3) is 2.87. The highest BCUT2D eigenvalue weighted by Gasteiger charge is 2.30. The second-order valence-electron chi connectivity index (χ2n) is 5.24. The molecular formula is C12H18N4OS. The molecule has 3 rings (SSSR count). The van der Waals surface area contributed by atoms with Crippen LogP contribution in [0.4, 0.5) is 0 Å². The first-order valence-corrected chi connectivity index (χ1v) is 7.36. The molecule has 6 heteroatoms. The van der Waals surface area contributed by atoms with Gasteiger partial charge in [0.2, 0.25) is 0 Å². The first-order valence-electron chi connectivity index (χ1n) is 6.63. The number of hydrogen-bond donors (Lipinski definition) is 1. The maximum Gasteiger partial charge on any atom is 0.275 e. The summed E-state index contributed by atoms with van der Waals surface area (Å²) in [5.41, 5.74) is 0.499. The lowest BCUT2D eigenvalue weighted by Gasteiger charge is -2.25. The molecule has 1 saturated carbocycles. The molecular weight excluding hydrogens is 248 g/mol. The van der Waals surface area contributed by atoms with Crippen LogP contribution in [0.1, 0.15) is 36.2 Å². The molecule has 2 aliphatic rings. The Morgan fingerprint density at radius 2 is 2.33 bits per heavy atom. The van der Waals surface area contributed by atoms with Gasteiger partial charge in [-0.15, -0.1) is 0 Å². The number of amides is 1. The predicted octanol–water partition coefficient (Wildman–Crippen LogP) is 1.14. The first kappa shape index (κ1) is 12.0. The summed E-state index contributed by atoms with van der Waals surface area (Å²) < 4.78 is 7.98.